The molecule has 2 atom stereocenters. The normalized spacial score (nSPS) is 19.3. The van der Waals surface area contributed by atoms with Crippen molar-refractivity contribution in [3.8, 4) is 0 Å². The van der Waals surface area contributed by atoms with Crippen molar-refractivity contribution in [3.63, 3.8) is 0 Å². The number of hydrogen-bond acceptors (Lipinski definition) is 3. The monoisotopic (exact) mass is 287 g/mol. The lowest BCUT2D eigenvalue weighted by atomic mass is 9.99. The molecule has 2 N–H and O–H groups in total. The van der Waals surface area contributed by atoms with Crippen molar-refractivity contribution in [2.24, 2.45) is 0 Å². The molecule has 4 heteroatoms. The Morgan fingerprint density at radius 3 is 2.90 bits per heavy atom. The van der Waals surface area contributed by atoms with Crippen LogP contribution in [-0.2, 0) is 22.0 Å². The van der Waals surface area contributed by atoms with Gasteiger partial charge in [-0.05, 0) is 35.7 Å². The minimum Gasteiger partial charge on any atom is -0.399 e. The molecule has 0 spiro atoms. The van der Waals surface area contributed by atoms with E-state index in [0.29, 0.717) is 18.0 Å². The SMILES string of the molecule is Nc1cccc(S(=O)CC2OCCc3ccccc32)c1. The average Bonchev–Trinajstić information content (AvgIpc) is 2.47. The van der Waals surface area contributed by atoms with Gasteiger partial charge in [-0.1, -0.05) is 30.3 Å². The van der Waals surface area contributed by atoms with Gasteiger partial charge in [0.2, 0.25) is 0 Å². The maximum Gasteiger partial charge on any atom is 0.0946 e. The van der Waals surface area contributed by atoms with Gasteiger partial charge >= 0.3 is 0 Å². The van der Waals surface area contributed by atoms with E-state index < -0.39 is 10.8 Å². The molecule has 0 aromatic heterocycles. The number of nitrogen functional groups attached to an aromatic ring is 1. The number of hydrogen-bond donors (Lipinski definition) is 1. The van der Waals surface area contributed by atoms with Crippen LogP contribution in [0.5, 0.6) is 0 Å². The standard InChI is InChI=1S/C16H17NO2S/c17-13-5-3-6-14(10-13)20(18)11-16-15-7-2-1-4-12(15)8-9-19-16/h1-7,10,16H,8-9,11,17H2. The fourth-order valence-corrected chi connectivity index (χ4v) is 3.75. The van der Waals surface area contributed by atoms with Crippen LogP contribution in [-0.4, -0.2) is 16.6 Å². The number of anilines is 1. The minimum absolute atomic E-state index is 0.0952. The van der Waals surface area contributed by atoms with Crippen molar-refractivity contribution in [3.05, 3.63) is 59.7 Å². The van der Waals surface area contributed by atoms with E-state index in [-0.39, 0.29) is 6.10 Å². The molecule has 0 saturated carbocycles. The summed E-state index contributed by atoms with van der Waals surface area (Å²) in [6, 6.07) is 15.5. The molecule has 3 nitrogen and oxygen atoms in total. The summed E-state index contributed by atoms with van der Waals surface area (Å²) in [4.78, 5) is 0.761. The van der Waals surface area contributed by atoms with Crippen LogP contribution in [0.2, 0.25) is 0 Å². The lowest BCUT2D eigenvalue weighted by Crippen LogP contribution is -2.21. The predicted octanol–water partition coefficient (Wildman–Crippen LogP) is 2.69. The predicted molar refractivity (Wildman–Crippen MR) is 81.0 cm³/mol. The Bertz CT molecular complexity index is 642. The van der Waals surface area contributed by atoms with E-state index in [1.54, 1.807) is 12.1 Å². The first-order valence-corrected chi connectivity index (χ1v) is 7.99. The molecule has 0 saturated heterocycles. The van der Waals surface area contributed by atoms with Gasteiger partial charge in [-0.15, -0.1) is 0 Å². The Hall–Kier alpha value is -1.65. The highest BCUT2D eigenvalue weighted by Gasteiger charge is 2.23. The third-order valence-corrected chi connectivity index (χ3v) is 4.90. The third kappa shape index (κ3) is 2.76. The fraction of sp³-hybridized carbons (Fsp3) is 0.250. The van der Waals surface area contributed by atoms with Gasteiger partial charge < -0.3 is 10.5 Å². The molecule has 2 aromatic carbocycles. The van der Waals surface area contributed by atoms with Gasteiger partial charge in [0.05, 0.1) is 29.3 Å². The van der Waals surface area contributed by atoms with Crippen LogP contribution in [0, 0.1) is 0 Å². The molecule has 1 aliphatic heterocycles. The summed E-state index contributed by atoms with van der Waals surface area (Å²) in [5.41, 5.74) is 8.84. The quantitative estimate of drug-likeness (QED) is 0.883. The smallest absolute Gasteiger partial charge is 0.0946 e. The summed E-state index contributed by atoms with van der Waals surface area (Å²) < 4.78 is 18.3. The van der Waals surface area contributed by atoms with Crippen molar-refractivity contribution >= 4 is 16.5 Å². The summed E-state index contributed by atoms with van der Waals surface area (Å²) in [5, 5.41) is 0. The van der Waals surface area contributed by atoms with Gasteiger partial charge in [-0.2, -0.15) is 0 Å². The van der Waals surface area contributed by atoms with Gasteiger partial charge in [-0.3, -0.25) is 4.21 Å². The second-order valence-electron chi connectivity index (χ2n) is 4.89. The minimum atomic E-state index is -1.10. The first-order valence-electron chi connectivity index (χ1n) is 6.67. The van der Waals surface area contributed by atoms with E-state index in [9.17, 15) is 4.21 Å². The number of ether oxygens (including phenoxy) is 1. The zero-order chi connectivity index (χ0) is 13.9. The van der Waals surface area contributed by atoms with Crippen LogP contribution in [0.1, 0.15) is 17.2 Å². The van der Waals surface area contributed by atoms with Gasteiger partial charge in [0, 0.05) is 10.6 Å². The largest absolute Gasteiger partial charge is 0.399 e. The molecule has 104 valence electrons. The van der Waals surface area contributed by atoms with E-state index in [1.165, 1.54) is 5.56 Å². The summed E-state index contributed by atoms with van der Waals surface area (Å²) in [5.74, 6) is 0.473. The molecular weight excluding hydrogens is 270 g/mol. The molecule has 1 aliphatic rings. The van der Waals surface area contributed by atoms with E-state index >= 15 is 0 Å². The highest BCUT2D eigenvalue weighted by Crippen LogP contribution is 2.28. The Morgan fingerprint density at radius 1 is 1.20 bits per heavy atom. The van der Waals surface area contributed by atoms with Gasteiger partial charge in [0.15, 0.2) is 0 Å². The number of fused-ring (bicyclic) bond motifs is 1. The first-order chi connectivity index (χ1) is 9.74. The van der Waals surface area contributed by atoms with Crippen LogP contribution >= 0.6 is 0 Å². The molecule has 0 amide bonds. The highest BCUT2D eigenvalue weighted by molar-refractivity contribution is 7.85. The Balaban J connectivity index is 1.81. The molecule has 2 aromatic rings. The number of benzene rings is 2. The second-order valence-corrected chi connectivity index (χ2v) is 6.39. The lowest BCUT2D eigenvalue weighted by molar-refractivity contribution is 0.0582. The molecule has 0 bridgehead atoms. The summed E-state index contributed by atoms with van der Waals surface area (Å²) in [6.07, 6.45) is 0.833. The zero-order valence-corrected chi connectivity index (χ0v) is 11.9. The Labute approximate surface area is 121 Å². The molecule has 0 radical (unpaired) electrons. The van der Waals surface area contributed by atoms with Gasteiger partial charge in [0.1, 0.15) is 0 Å². The summed E-state index contributed by atoms with van der Waals surface area (Å²) in [6.45, 7) is 0.690. The average molecular weight is 287 g/mol. The molecule has 3 rings (SSSR count). The molecule has 0 fully saturated rings. The first kappa shape index (κ1) is 13.3. The van der Waals surface area contributed by atoms with Gasteiger partial charge in [-0.25, -0.2) is 0 Å². The maximum atomic E-state index is 12.5. The molecular formula is C16H17NO2S. The van der Waals surface area contributed by atoms with E-state index in [4.69, 9.17) is 10.5 Å². The van der Waals surface area contributed by atoms with Crippen LogP contribution in [0.3, 0.4) is 0 Å². The molecule has 0 aliphatic carbocycles. The summed E-state index contributed by atoms with van der Waals surface area (Å²) >= 11 is 0. The van der Waals surface area contributed by atoms with Crippen molar-refractivity contribution in [1.82, 2.24) is 0 Å². The molecule has 1 heterocycles. The van der Waals surface area contributed by atoms with Crippen molar-refractivity contribution in [2.75, 3.05) is 18.1 Å². The lowest BCUT2D eigenvalue weighted by Gasteiger charge is -2.25. The van der Waals surface area contributed by atoms with Crippen LogP contribution < -0.4 is 5.73 Å². The fourth-order valence-electron chi connectivity index (χ4n) is 2.50. The molecule has 2 unspecified atom stereocenters. The summed E-state index contributed by atoms with van der Waals surface area (Å²) in [7, 11) is -1.10. The topological polar surface area (TPSA) is 52.3 Å². The zero-order valence-electron chi connectivity index (χ0n) is 11.1. The number of nitrogens with two attached hydrogens (primary N) is 1. The van der Waals surface area contributed by atoms with Crippen LogP contribution in [0.25, 0.3) is 0 Å². The van der Waals surface area contributed by atoms with Gasteiger partial charge in [0.25, 0.3) is 0 Å². The second kappa shape index (κ2) is 5.77. The number of rotatable bonds is 3. The van der Waals surface area contributed by atoms with Crippen LogP contribution in [0.15, 0.2) is 53.4 Å². The van der Waals surface area contributed by atoms with Crippen molar-refractivity contribution in [2.45, 2.75) is 17.4 Å². The van der Waals surface area contributed by atoms with Crippen molar-refractivity contribution < 1.29 is 8.95 Å². The van der Waals surface area contributed by atoms with E-state index in [1.807, 2.05) is 24.3 Å². The van der Waals surface area contributed by atoms with Crippen LogP contribution in [0.4, 0.5) is 5.69 Å². The van der Waals surface area contributed by atoms with E-state index in [0.717, 1.165) is 16.9 Å². The highest BCUT2D eigenvalue weighted by atomic mass is 32.2. The Kier molecular flexibility index (Phi) is 3.85. The maximum absolute atomic E-state index is 12.5. The molecule has 20 heavy (non-hydrogen) atoms. The Morgan fingerprint density at radius 2 is 2.05 bits per heavy atom. The van der Waals surface area contributed by atoms with E-state index in [2.05, 4.69) is 12.1 Å². The third-order valence-electron chi connectivity index (χ3n) is 3.52. The van der Waals surface area contributed by atoms with Crippen molar-refractivity contribution in [1.29, 1.82) is 0 Å².